The van der Waals surface area contributed by atoms with Gasteiger partial charge >= 0.3 is 0 Å². The first-order valence-electron chi connectivity index (χ1n) is 4.17. The second-order valence-corrected chi connectivity index (χ2v) is 4.36. The molecule has 0 amide bonds. The fourth-order valence-corrected chi connectivity index (χ4v) is 1.71. The van der Waals surface area contributed by atoms with Crippen LogP contribution in [0.1, 0.15) is 0 Å². The molecule has 0 bridgehead atoms. The molecule has 0 unspecified atom stereocenters. The van der Waals surface area contributed by atoms with Gasteiger partial charge < -0.3 is 4.74 Å². The number of benzene rings is 1. The number of rotatable bonds is 2. The van der Waals surface area contributed by atoms with Gasteiger partial charge in [0, 0.05) is 16.7 Å². The van der Waals surface area contributed by atoms with Gasteiger partial charge in [-0.15, -0.1) is 5.10 Å². The second-order valence-electron chi connectivity index (χ2n) is 2.72. The van der Waals surface area contributed by atoms with E-state index in [0.29, 0.717) is 11.6 Å². The molecule has 0 fully saturated rings. The first-order valence-corrected chi connectivity index (χ1v) is 5.75. The van der Waals surface area contributed by atoms with Crippen LogP contribution in [0.5, 0.6) is 11.6 Å². The van der Waals surface area contributed by atoms with Gasteiger partial charge in [-0.05, 0) is 50.1 Å². The molecule has 0 atom stereocenters. The average Bonchev–Trinajstić information content (AvgIpc) is 2.26. The van der Waals surface area contributed by atoms with Gasteiger partial charge in [0.15, 0.2) is 0 Å². The van der Waals surface area contributed by atoms with Crippen molar-refractivity contribution in [3.8, 4) is 11.6 Å². The van der Waals surface area contributed by atoms with E-state index in [4.69, 9.17) is 4.74 Å². The van der Waals surface area contributed by atoms with Crippen molar-refractivity contribution in [2.75, 3.05) is 0 Å². The molecule has 15 heavy (non-hydrogen) atoms. The monoisotopic (exact) mass is 328 g/mol. The molecule has 0 aliphatic carbocycles. The van der Waals surface area contributed by atoms with Crippen LogP contribution >= 0.6 is 31.9 Å². The molecule has 2 rings (SSSR count). The molecule has 0 saturated heterocycles. The van der Waals surface area contributed by atoms with Gasteiger partial charge in [0.25, 0.3) is 0 Å². The maximum absolute atomic E-state index is 5.54. The lowest BCUT2D eigenvalue weighted by Gasteiger charge is -2.06. The van der Waals surface area contributed by atoms with E-state index in [1.165, 1.54) is 0 Å². The zero-order valence-corrected chi connectivity index (χ0v) is 10.7. The normalized spacial score (nSPS) is 10.0. The number of halogens is 2. The molecule has 5 heteroatoms. The minimum absolute atomic E-state index is 0.469. The highest BCUT2D eigenvalue weighted by molar-refractivity contribution is 9.13. The zero-order valence-electron chi connectivity index (χ0n) is 7.52. The van der Waals surface area contributed by atoms with E-state index in [1.807, 2.05) is 18.2 Å². The molecule has 0 aliphatic heterocycles. The Morgan fingerprint density at radius 3 is 2.67 bits per heavy atom. The summed E-state index contributed by atoms with van der Waals surface area (Å²) in [6.07, 6.45) is 1.60. The van der Waals surface area contributed by atoms with E-state index in [1.54, 1.807) is 18.3 Å². The van der Waals surface area contributed by atoms with E-state index in [9.17, 15) is 0 Å². The first-order chi connectivity index (χ1) is 7.27. The molecule has 1 aromatic carbocycles. The number of nitrogens with zero attached hydrogens (tertiary/aromatic N) is 2. The topological polar surface area (TPSA) is 35.0 Å². The molecule has 0 spiro atoms. The van der Waals surface area contributed by atoms with Crippen molar-refractivity contribution in [3.63, 3.8) is 0 Å². The molecule has 0 aliphatic rings. The van der Waals surface area contributed by atoms with Crippen molar-refractivity contribution in [1.29, 1.82) is 0 Å². The lowest BCUT2D eigenvalue weighted by molar-refractivity contribution is 0.452. The molecular weight excluding hydrogens is 324 g/mol. The van der Waals surface area contributed by atoms with Crippen LogP contribution in [0, 0.1) is 0 Å². The van der Waals surface area contributed by atoms with Crippen LogP contribution in [-0.2, 0) is 0 Å². The SMILES string of the molecule is Brc1cccc(Oc2cccnn2)c1Br. The Morgan fingerprint density at radius 1 is 1.07 bits per heavy atom. The molecule has 0 radical (unpaired) electrons. The molecule has 0 N–H and O–H groups in total. The molecule has 3 nitrogen and oxygen atoms in total. The molecule has 1 heterocycles. The summed E-state index contributed by atoms with van der Waals surface area (Å²) in [6.45, 7) is 0. The van der Waals surface area contributed by atoms with Crippen molar-refractivity contribution < 1.29 is 4.74 Å². The standard InChI is InChI=1S/C10H6Br2N2O/c11-7-3-1-4-8(10(7)12)15-9-5-2-6-13-14-9/h1-6H. The molecule has 1 aromatic heterocycles. The third-order valence-corrected chi connectivity index (χ3v) is 3.69. The largest absolute Gasteiger partial charge is 0.436 e. The van der Waals surface area contributed by atoms with Crippen LogP contribution in [0.25, 0.3) is 0 Å². The van der Waals surface area contributed by atoms with Gasteiger partial charge in [0.05, 0.1) is 4.47 Å². The van der Waals surface area contributed by atoms with E-state index < -0.39 is 0 Å². The fourth-order valence-electron chi connectivity index (χ4n) is 1.02. The van der Waals surface area contributed by atoms with Crippen LogP contribution in [0.15, 0.2) is 45.5 Å². The van der Waals surface area contributed by atoms with Crippen LogP contribution in [0.3, 0.4) is 0 Å². The maximum atomic E-state index is 5.54. The number of ether oxygens (including phenoxy) is 1. The Balaban J connectivity index is 2.29. The molecular formula is C10H6Br2N2O. The Morgan fingerprint density at radius 2 is 1.93 bits per heavy atom. The fraction of sp³-hybridized carbons (Fsp3) is 0. The van der Waals surface area contributed by atoms with E-state index in [2.05, 4.69) is 42.1 Å². The lowest BCUT2D eigenvalue weighted by atomic mass is 10.3. The van der Waals surface area contributed by atoms with Gasteiger partial charge in [-0.25, -0.2) is 0 Å². The summed E-state index contributed by atoms with van der Waals surface area (Å²) >= 11 is 6.81. The highest BCUT2D eigenvalue weighted by Crippen LogP contribution is 2.34. The van der Waals surface area contributed by atoms with Crippen LogP contribution in [0.4, 0.5) is 0 Å². The minimum atomic E-state index is 0.469. The Labute approximate surface area is 104 Å². The Bertz CT molecular complexity index is 462. The number of aromatic nitrogens is 2. The molecule has 0 saturated carbocycles. The van der Waals surface area contributed by atoms with Crippen molar-refractivity contribution in [3.05, 3.63) is 45.5 Å². The Hall–Kier alpha value is -0.940. The number of hydrogen-bond acceptors (Lipinski definition) is 3. The average molecular weight is 330 g/mol. The van der Waals surface area contributed by atoms with Crippen molar-refractivity contribution in [2.45, 2.75) is 0 Å². The minimum Gasteiger partial charge on any atom is -0.436 e. The quantitative estimate of drug-likeness (QED) is 0.840. The van der Waals surface area contributed by atoms with E-state index >= 15 is 0 Å². The van der Waals surface area contributed by atoms with Crippen LogP contribution in [0.2, 0.25) is 0 Å². The summed E-state index contributed by atoms with van der Waals surface area (Å²) in [5.74, 6) is 1.17. The molecule has 2 aromatic rings. The summed E-state index contributed by atoms with van der Waals surface area (Å²) in [5, 5.41) is 7.57. The Kier molecular flexibility index (Phi) is 3.33. The smallest absolute Gasteiger partial charge is 0.238 e. The highest BCUT2D eigenvalue weighted by atomic mass is 79.9. The zero-order chi connectivity index (χ0) is 10.7. The molecule has 76 valence electrons. The summed E-state index contributed by atoms with van der Waals surface area (Å²) in [6, 6.07) is 9.19. The summed E-state index contributed by atoms with van der Waals surface area (Å²) in [7, 11) is 0. The first kappa shape index (κ1) is 10.6. The van der Waals surface area contributed by atoms with Gasteiger partial charge in [-0.1, -0.05) is 6.07 Å². The second kappa shape index (κ2) is 4.72. The maximum Gasteiger partial charge on any atom is 0.238 e. The van der Waals surface area contributed by atoms with Crippen molar-refractivity contribution in [1.82, 2.24) is 10.2 Å². The van der Waals surface area contributed by atoms with Gasteiger partial charge in [0.2, 0.25) is 5.88 Å². The van der Waals surface area contributed by atoms with E-state index in [0.717, 1.165) is 8.95 Å². The summed E-state index contributed by atoms with van der Waals surface area (Å²) in [4.78, 5) is 0. The van der Waals surface area contributed by atoms with Crippen molar-refractivity contribution >= 4 is 31.9 Å². The lowest BCUT2D eigenvalue weighted by Crippen LogP contribution is -1.90. The van der Waals surface area contributed by atoms with Gasteiger partial charge in [-0.2, -0.15) is 5.10 Å². The predicted octanol–water partition coefficient (Wildman–Crippen LogP) is 3.79. The van der Waals surface area contributed by atoms with Crippen LogP contribution in [-0.4, -0.2) is 10.2 Å². The summed E-state index contributed by atoms with van der Waals surface area (Å²) in [5.41, 5.74) is 0. The van der Waals surface area contributed by atoms with Crippen LogP contribution < -0.4 is 4.74 Å². The highest BCUT2D eigenvalue weighted by Gasteiger charge is 2.05. The van der Waals surface area contributed by atoms with Gasteiger partial charge in [0.1, 0.15) is 5.75 Å². The van der Waals surface area contributed by atoms with E-state index in [-0.39, 0.29) is 0 Å². The summed E-state index contributed by atoms with van der Waals surface area (Å²) < 4.78 is 7.33. The third kappa shape index (κ3) is 2.54. The third-order valence-electron chi connectivity index (χ3n) is 1.68. The predicted molar refractivity (Wildman–Crippen MR) is 63.9 cm³/mol. The van der Waals surface area contributed by atoms with Gasteiger partial charge in [-0.3, -0.25) is 0 Å². The number of hydrogen-bond donors (Lipinski definition) is 0. The van der Waals surface area contributed by atoms with Crippen molar-refractivity contribution in [2.24, 2.45) is 0 Å².